The van der Waals surface area contributed by atoms with Gasteiger partial charge >= 0.3 is 16.4 Å². The lowest BCUT2D eigenvalue weighted by Gasteiger charge is -2.31. The smallest absolute Gasteiger partial charge is 0.334 e. The molecule has 0 aromatic carbocycles. The Morgan fingerprint density at radius 1 is 1.41 bits per heavy atom. The molecule has 7 nitrogen and oxygen atoms in total. The van der Waals surface area contributed by atoms with Crippen molar-refractivity contribution >= 4 is 16.4 Å². The number of piperidine rings is 1. The molecule has 0 spiro atoms. The minimum absolute atomic E-state index is 0.369. The van der Waals surface area contributed by atoms with Crippen LogP contribution in [0.3, 0.4) is 0 Å². The first-order chi connectivity index (χ1) is 7.81. The average Bonchev–Trinajstić information content (AvgIpc) is 2.15. The second-order valence-electron chi connectivity index (χ2n) is 4.46. The van der Waals surface area contributed by atoms with E-state index in [-0.39, 0.29) is 0 Å². The molecule has 1 fully saturated rings. The van der Waals surface area contributed by atoms with Gasteiger partial charge in [0.05, 0.1) is 0 Å². The van der Waals surface area contributed by atoms with Gasteiger partial charge in [-0.3, -0.25) is 0 Å². The molecule has 8 heteroatoms. The van der Waals surface area contributed by atoms with Crippen molar-refractivity contribution in [3.8, 4) is 0 Å². The van der Waals surface area contributed by atoms with E-state index in [1.54, 1.807) is 0 Å². The molecular formula is C9H19N3O4S. The molecule has 0 aromatic rings. The van der Waals surface area contributed by atoms with Crippen LogP contribution in [-0.4, -0.2) is 57.4 Å². The van der Waals surface area contributed by atoms with Gasteiger partial charge in [0, 0.05) is 19.6 Å². The third kappa shape index (κ3) is 4.49. The van der Waals surface area contributed by atoms with E-state index in [0.29, 0.717) is 19.0 Å². The first kappa shape index (κ1) is 14.2. The van der Waals surface area contributed by atoms with E-state index in [4.69, 9.17) is 5.73 Å². The summed E-state index contributed by atoms with van der Waals surface area (Å²) in [5, 5.41) is 0. The zero-order valence-electron chi connectivity index (χ0n) is 10.1. The summed E-state index contributed by atoms with van der Waals surface area (Å²) >= 11 is 0. The van der Waals surface area contributed by atoms with Gasteiger partial charge in [0.1, 0.15) is 0 Å². The number of nitrogens with zero attached hydrogens (tertiary/aromatic N) is 2. The van der Waals surface area contributed by atoms with Gasteiger partial charge in [-0.15, -0.1) is 0 Å². The number of hydrogen-bond acceptors (Lipinski definition) is 5. The van der Waals surface area contributed by atoms with Crippen LogP contribution in [0.5, 0.6) is 0 Å². The van der Waals surface area contributed by atoms with E-state index in [0.717, 1.165) is 23.7 Å². The summed E-state index contributed by atoms with van der Waals surface area (Å²) in [4.78, 5) is 12.5. The number of primary amides is 1. The number of carbonyl (C=O) groups is 1. The Labute approximate surface area is 102 Å². The predicted molar refractivity (Wildman–Crippen MR) is 62.4 cm³/mol. The normalized spacial score (nSPS) is 19.5. The van der Waals surface area contributed by atoms with Gasteiger partial charge in [-0.1, -0.05) is 0 Å². The maximum Gasteiger partial charge on any atom is 0.421 e. The molecule has 0 saturated carbocycles. The van der Waals surface area contributed by atoms with Crippen molar-refractivity contribution in [1.82, 2.24) is 9.21 Å². The van der Waals surface area contributed by atoms with Crippen LogP contribution < -0.4 is 5.73 Å². The first-order valence-corrected chi connectivity index (χ1v) is 6.81. The zero-order valence-corrected chi connectivity index (χ0v) is 10.9. The monoisotopic (exact) mass is 265 g/mol. The van der Waals surface area contributed by atoms with Crippen LogP contribution in [0, 0.1) is 5.92 Å². The van der Waals surface area contributed by atoms with Crippen molar-refractivity contribution in [1.29, 1.82) is 0 Å². The third-order valence-corrected chi connectivity index (χ3v) is 4.07. The third-order valence-electron chi connectivity index (χ3n) is 2.70. The van der Waals surface area contributed by atoms with Crippen molar-refractivity contribution < 1.29 is 17.4 Å². The zero-order chi connectivity index (χ0) is 13.1. The second kappa shape index (κ2) is 5.65. The highest BCUT2D eigenvalue weighted by atomic mass is 32.2. The molecule has 0 aliphatic carbocycles. The molecule has 1 heterocycles. The highest BCUT2D eigenvalue weighted by Crippen LogP contribution is 2.20. The molecule has 1 aliphatic rings. The summed E-state index contributed by atoms with van der Waals surface area (Å²) in [5.41, 5.74) is 4.70. The van der Waals surface area contributed by atoms with Gasteiger partial charge in [-0.05, 0) is 32.9 Å². The molecular weight excluding hydrogens is 246 g/mol. The van der Waals surface area contributed by atoms with Crippen molar-refractivity contribution in [2.75, 3.05) is 33.7 Å². The fraction of sp³-hybridized carbons (Fsp3) is 0.889. The lowest BCUT2D eigenvalue weighted by molar-refractivity contribution is 0.191. The average molecular weight is 265 g/mol. The number of carbonyl (C=O) groups excluding carboxylic acids is 1. The number of nitrogens with two attached hydrogens (primary N) is 1. The Bertz CT molecular complexity index is 360. The van der Waals surface area contributed by atoms with Crippen molar-refractivity contribution in [2.45, 2.75) is 12.8 Å². The van der Waals surface area contributed by atoms with E-state index in [9.17, 15) is 13.2 Å². The minimum Gasteiger partial charge on any atom is -0.334 e. The quantitative estimate of drug-likeness (QED) is 0.746. The second-order valence-corrected chi connectivity index (χ2v) is 6.00. The van der Waals surface area contributed by atoms with Gasteiger partial charge in [0.25, 0.3) is 0 Å². The Balaban J connectivity index is 2.49. The summed E-state index contributed by atoms with van der Waals surface area (Å²) < 4.78 is 28.3. The Morgan fingerprint density at radius 2 is 1.94 bits per heavy atom. The van der Waals surface area contributed by atoms with E-state index < -0.39 is 16.4 Å². The molecule has 0 unspecified atom stereocenters. The number of amides is 1. The number of hydrogen-bond donors (Lipinski definition) is 1. The standard InChI is InChI=1S/C9H19N3O4S/c1-11(2)7-8-3-5-12(6-4-8)17(14,15)16-9(10)13/h8H,3-7H2,1-2H3,(H2,10,13). The van der Waals surface area contributed by atoms with Crippen molar-refractivity contribution in [3.63, 3.8) is 0 Å². The lowest BCUT2D eigenvalue weighted by atomic mass is 9.98. The molecule has 1 aliphatic heterocycles. The molecule has 1 amide bonds. The van der Waals surface area contributed by atoms with Gasteiger partial charge in [-0.25, -0.2) is 4.79 Å². The van der Waals surface area contributed by atoms with E-state index >= 15 is 0 Å². The number of rotatable bonds is 4. The van der Waals surface area contributed by atoms with Gasteiger partial charge in [0.15, 0.2) is 0 Å². The maximum absolute atomic E-state index is 11.5. The minimum atomic E-state index is -3.99. The van der Waals surface area contributed by atoms with Crippen LogP contribution in [0.1, 0.15) is 12.8 Å². The Morgan fingerprint density at radius 3 is 2.35 bits per heavy atom. The van der Waals surface area contributed by atoms with Crippen LogP contribution in [0.4, 0.5) is 4.79 Å². The molecule has 0 atom stereocenters. The van der Waals surface area contributed by atoms with E-state index in [1.165, 1.54) is 0 Å². The molecule has 100 valence electrons. The fourth-order valence-corrected chi connectivity index (χ4v) is 2.96. The molecule has 2 N–H and O–H groups in total. The fourth-order valence-electron chi connectivity index (χ4n) is 1.99. The summed E-state index contributed by atoms with van der Waals surface area (Å²) in [5.74, 6) is 0.477. The van der Waals surface area contributed by atoms with Crippen LogP contribution in [0.2, 0.25) is 0 Å². The van der Waals surface area contributed by atoms with Gasteiger partial charge in [-0.2, -0.15) is 12.7 Å². The Kier molecular flexibility index (Phi) is 4.72. The summed E-state index contributed by atoms with van der Waals surface area (Å²) in [6, 6.07) is 0. The topological polar surface area (TPSA) is 92.9 Å². The summed E-state index contributed by atoms with van der Waals surface area (Å²) in [6.45, 7) is 1.67. The van der Waals surface area contributed by atoms with Crippen molar-refractivity contribution in [2.24, 2.45) is 11.7 Å². The first-order valence-electron chi connectivity index (χ1n) is 5.45. The largest absolute Gasteiger partial charge is 0.421 e. The Hall–Kier alpha value is -0.860. The highest BCUT2D eigenvalue weighted by Gasteiger charge is 2.30. The molecule has 17 heavy (non-hydrogen) atoms. The SMILES string of the molecule is CN(C)CC1CCN(S(=O)(=O)OC(N)=O)CC1. The maximum atomic E-state index is 11.5. The van der Waals surface area contributed by atoms with E-state index in [2.05, 4.69) is 9.08 Å². The van der Waals surface area contributed by atoms with Crippen LogP contribution in [0.25, 0.3) is 0 Å². The molecule has 0 aromatic heterocycles. The van der Waals surface area contributed by atoms with Crippen LogP contribution >= 0.6 is 0 Å². The van der Waals surface area contributed by atoms with Crippen LogP contribution in [-0.2, 0) is 14.5 Å². The van der Waals surface area contributed by atoms with Gasteiger partial charge in [0.2, 0.25) is 0 Å². The molecule has 1 rings (SSSR count). The van der Waals surface area contributed by atoms with E-state index in [1.807, 2.05) is 14.1 Å². The highest BCUT2D eigenvalue weighted by molar-refractivity contribution is 7.84. The molecule has 1 saturated heterocycles. The summed E-state index contributed by atoms with van der Waals surface area (Å²) in [7, 11) is -0.0184. The lowest BCUT2D eigenvalue weighted by Crippen LogP contribution is -2.42. The van der Waals surface area contributed by atoms with Crippen LogP contribution in [0.15, 0.2) is 0 Å². The molecule has 0 radical (unpaired) electrons. The van der Waals surface area contributed by atoms with Crippen molar-refractivity contribution in [3.05, 3.63) is 0 Å². The molecule has 0 bridgehead atoms. The predicted octanol–water partition coefficient (Wildman–Crippen LogP) is -0.400. The summed E-state index contributed by atoms with van der Waals surface area (Å²) in [6.07, 6.45) is 0.236. The van der Waals surface area contributed by atoms with Gasteiger partial charge < -0.3 is 14.8 Å².